The number of carbonyl (C=O) groups is 3. The van der Waals surface area contributed by atoms with E-state index in [9.17, 15) is 24.9 Å². The predicted octanol–water partition coefficient (Wildman–Crippen LogP) is 8.10. The van der Waals surface area contributed by atoms with Crippen LogP contribution in [0.25, 0.3) is 11.1 Å². The van der Waals surface area contributed by atoms with Crippen LogP contribution in [-0.2, 0) is 30.3 Å². The summed E-state index contributed by atoms with van der Waals surface area (Å²) in [5.74, 6) is 0.915. The third kappa shape index (κ3) is 13.7. The Morgan fingerprint density at radius 3 is 2.08 bits per heavy atom. The third-order valence-electron chi connectivity index (χ3n) is 13.4. The molecule has 2 N–H and O–H groups in total. The summed E-state index contributed by atoms with van der Waals surface area (Å²) in [6.45, 7) is 9.95. The number of likely N-dealkylation sites (tertiary alicyclic amines) is 1. The van der Waals surface area contributed by atoms with Gasteiger partial charge in [-0.25, -0.2) is 4.98 Å². The summed E-state index contributed by atoms with van der Waals surface area (Å²) in [7, 11) is 1.74. The Labute approximate surface area is 421 Å². The number of benzene rings is 3. The number of ketones is 1. The maximum absolute atomic E-state index is 14.2. The number of carbonyl (C=O) groups excluding carboxylic acids is 3. The van der Waals surface area contributed by atoms with Gasteiger partial charge in [-0.2, -0.15) is 10.5 Å². The Morgan fingerprint density at radius 2 is 1.44 bits per heavy atom. The summed E-state index contributed by atoms with van der Waals surface area (Å²) in [5.41, 5.74) is 6.68. The van der Waals surface area contributed by atoms with E-state index in [-0.39, 0.29) is 29.6 Å². The molecule has 7 rings (SSSR count). The molecule has 1 saturated heterocycles. The maximum atomic E-state index is 14.2. The molecule has 71 heavy (non-hydrogen) atoms. The normalized spacial score (nSPS) is 15.7. The molecular weight excluding hydrogens is 919 g/mol. The molecule has 16 heteroatoms. The summed E-state index contributed by atoms with van der Waals surface area (Å²) in [4.78, 5) is 47.4. The molecule has 3 aromatic carbocycles. The first-order valence-electron chi connectivity index (χ1n) is 24.7. The van der Waals surface area contributed by atoms with Crippen molar-refractivity contribution in [3.05, 3.63) is 123 Å². The minimum Gasteiger partial charge on any atom is -0.491 e. The number of hydrogen-bond donors (Lipinski definition) is 2. The van der Waals surface area contributed by atoms with Crippen molar-refractivity contribution in [1.29, 1.82) is 10.5 Å². The van der Waals surface area contributed by atoms with Gasteiger partial charge in [-0.05, 0) is 107 Å². The first kappa shape index (κ1) is 52.4. The highest BCUT2D eigenvalue weighted by molar-refractivity contribution is 7.10. The van der Waals surface area contributed by atoms with Crippen molar-refractivity contribution in [3.8, 4) is 34.8 Å². The number of thiazole rings is 1. The van der Waals surface area contributed by atoms with Crippen LogP contribution in [0.5, 0.6) is 11.5 Å². The fourth-order valence-electron chi connectivity index (χ4n) is 9.36. The van der Waals surface area contributed by atoms with Crippen molar-refractivity contribution < 1.29 is 38.1 Å². The minimum absolute atomic E-state index is 0.0602. The first-order chi connectivity index (χ1) is 34.6. The largest absolute Gasteiger partial charge is 0.491 e. The van der Waals surface area contributed by atoms with Gasteiger partial charge in [0.05, 0.1) is 68.9 Å². The molecule has 1 aliphatic heterocycles. The molecule has 1 saturated carbocycles. The average molecular weight is 984 g/mol. The van der Waals surface area contributed by atoms with Gasteiger partial charge in [0, 0.05) is 41.0 Å². The molecule has 2 amide bonds. The summed E-state index contributed by atoms with van der Waals surface area (Å²) in [6.07, 6.45) is 6.66. The van der Waals surface area contributed by atoms with Crippen LogP contribution in [0.4, 0.5) is 0 Å². The van der Waals surface area contributed by atoms with E-state index in [1.165, 1.54) is 11.3 Å². The molecule has 2 aromatic heterocycles. The molecule has 15 nitrogen and oxygen atoms in total. The number of nitriles is 2. The number of likely N-dealkylation sites (N-methyl/N-ethyl adjacent to an activating group) is 1. The monoisotopic (exact) mass is 983 g/mol. The SMILES string of the molecule is CNC(C)C(=O)NC(C(=O)N1CCCC1c1nc(C(=O)c2cccc(OCCOCCOCCOCCOc3cccc(Cn4c(C)c(C#N)c(-c5ccc(C#N)cc5)c4C)c3)c2)cs1)C1CCCCC1. The summed E-state index contributed by atoms with van der Waals surface area (Å²) in [6, 6.07) is 25.5. The second-order valence-electron chi connectivity index (χ2n) is 18.0. The smallest absolute Gasteiger partial charge is 0.246 e. The van der Waals surface area contributed by atoms with Crippen LogP contribution in [0.2, 0.25) is 0 Å². The first-order valence-corrected chi connectivity index (χ1v) is 25.5. The van der Waals surface area contributed by atoms with Crippen molar-refractivity contribution in [1.82, 2.24) is 25.1 Å². The van der Waals surface area contributed by atoms with E-state index in [1.54, 1.807) is 55.7 Å². The lowest BCUT2D eigenvalue weighted by molar-refractivity contribution is -0.139. The Balaban J connectivity index is 0.772. The van der Waals surface area contributed by atoms with Crippen LogP contribution < -0.4 is 20.1 Å². The second-order valence-corrected chi connectivity index (χ2v) is 18.9. The lowest BCUT2D eigenvalue weighted by Crippen LogP contribution is -2.55. The highest BCUT2D eigenvalue weighted by atomic mass is 32.1. The lowest BCUT2D eigenvalue weighted by atomic mass is 9.83. The molecule has 0 bridgehead atoms. The van der Waals surface area contributed by atoms with Crippen molar-refractivity contribution in [2.45, 2.75) is 90.4 Å². The highest BCUT2D eigenvalue weighted by Gasteiger charge is 2.40. The fourth-order valence-corrected chi connectivity index (χ4v) is 10.3. The number of hydrogen-bond acceptors (Lipinski definition) is 13. The Morgan fingerprint density at radius 1 is 0.789 bits per heavy atom. The Hall–Kier alpha value is -6.40. The van der Waals surface area contributed by atoms with E-state index in [4.69, 9.17) is 28.7 Å². The summed E-state index contributed by atoms with van der Waals surface area (Å²) in [5, 5.41) is 27.8. The van der Waals surface area contributed by atoms with Crippen LogP contribution in [0, 0.1) is 42.4 Å². The van der Waals surface area contributed by atoms with Crippen LogP contribution in [0.3, 0.4) is 0 Å². The molecule has 3 heterocycles. The van der Waals surface area contributed by atoms with E-state index in [2.05, 4.69) is 27.3 Å². The van der Waals surface area contributed by atoms with E-state index >= 15 is 0 Å². The molecule has 2 aliphatic rings. The quantitative estimate of drug-likeness (QED) is 0.0423. The van der Waals surface area contributed by atoms with E-state index in [0.29, 0.717) is 94.1 Å². The van der Waals surface area contributed by atoms with Gasteiger partial charge in [-0.3, -0.25) is 14.4 Å². The topological polar surface area (TPSA) is 190 Å². The number of rotatable bonds is 25. The predicted molar refractivity (Wildman–Crippen MR) is 270 cm³/mol. The average Bonchev–Trinajstić information content (AvgIpc) is 4.15. The Bertz CT molecular complexity index is 2660. The summed E-state index contributed by atoms with van der Waals surface area (Å²) < 4.78 is 31.1. The van der Waals surface area contributed by atoms with Gasteiger partial charge in [0.15, 0.2) is 0 Å². The molecule has 2 fully saturated rings. The molecule has 374 valence electrons. The Kier molecular flexibility index (Phi) is 19.3. The molecule has 1 aliphatic carbocycles. The van der Waals surface area contributed by atoms with E-state index in [1.807, 2.05) is 55.1 Å². The van der Waals surface area contributed by atoms with Gasteiger partial charge >= 0.3 is 0 Å². The van der Waals surface area contributed by atoms with E-state index < -0.39 is 12.1 Å². The van der Waals surface area contributed by atoms with Crippen LogP contribution >= 0.6 is 11.3 Å². The number of nitrogens with zero attached hydrogens (tertiary/aromatic N) is 5. The number of aromatic nitrogens is 2. The van der Waals surface area contributed by atoms with E-state index in [0.717, 1.165) is 83.8 Å². The molecule has 3 unspecified atom stereocenters. The maximum Gasteiger partial charge on any atom is 0.246 e. The summed E-state index contributed by atoms with van der Waals surface area (Å²) >= 11 is 1.39. The zero-order valence-electron chi connectivity index (χ0n) is 41.2. The zero-order chi connectivity index (χ0) is 50.1. The molecule has 0 spiro atoms. The van der Waals surface area contributed by atoms with Gasteiger partial charge in [-0.1, -0.05) is 55.7 Å². The molecule has 3 atom stereocenters. The molecule has 5 aromatic rings. The fraction of sp³-hybridized carbons (Fsp3) is 0.455. The van der Waals surface area contributed by atoms with Crippen LogP contribution in [0.1, 0.15) is 107 Å². The van der Waals surface area contributed by atoms with Gasteiger partial charge in [-0.15, -0.1) is 11.3 Å². The molecular formula is C55H65N7O8S. The number of nitrogens with one attached hydrogen (secondary N) is 2. The second kappa shape index (κ2) is 26.2. The van der Waals surface area contributed by atoms with Crippen molar-refractivity contribution in [2.75, 3.05) is 66.4 Å². The van der Waals surface area contributed by atoms with Crippen molar-refractivity contribution >= 4 is 28.9 Å². The van der Waals surface area contributed by atoms with Gasteiger partial charge in [0.25, 0.3) is 0 Å². The van der Waals surface area contributed by atoms with Gasteiger partial charge in [0.1, 0.15) is 47.5 Å². The highest BCUT2D eigenvalue weighted by Crippen LogP contribution is 2.37. The van der Waals surface area contributed by atoms with Crippen molar-refractivity contribution in [3.63, 3.8) is 0 Å². The van der Waals surface area contributed by atoms with Crippen molar-refractivity contribution in [2.24, 2.45) is 5.92 Å². The zero-order valence-corrected chi connectivity index (χ0v) is 42.1. The third-order valence-corrected chi connectivity index (χ3v) is 14.3. The van der Waals surface area contributed by atoms with Gasteiger partial charge in [0.2, 0.25) is 17.6 Å². The van der Waals surface area contributed by atoms with Gasteiger partial charge < -0.3 is 43.8 Å². The van der Waals surface area contributed by atoms with Crippen LogP contribution in [0.15, 0.2) is 78.2 Å². The number of ether oxygens (including phenoxy) is 5. The number of amides is 2. The standard InChI is InChI=1S/C55H65N7O8S/c1-37(58-4)53(64)60-51(43-12-6-5-7-13-43)55(65)61-22-10-17-49(61)54-59-48(36-71-54)52(63)44-14-9-16-46(32-44)70-30-28-68-26-24-66-23-25-67-27-29-69-45-15-8-11-41(31-45)35-62-38(2)47(34-57)50(39(62)3)42-20-18-40(33-56)19-21-42/h8-9,11,14-16,18-21,31-32,36-37,43,49,51,58H,5-7,10,12-13,17,22-30,35H2,1-4H3,(H,60,64). The van der Waals surface area contributed by atoms with Crippen LogP contribution in [-0.4, -0.2) is 111 Å². The minimum atomic E-state index is -0.582. The molecule has 0 radical (unpaired) electrons. The lowest BCUT2D eigenvalue weighted by Gasteiger charge is -2.35.